The number of nitrogens with two attached hydrogens (primary N) is 1. The number of aliphatic hydroxyl groups is 1. The number of benzene rings is 1. The van der Waals surface area contributed by atoms with Gasteiger partial charge in [-0.25, -0.2) is 9.67 Å². The van der Waals surface area contributed by atoms with Crippen LogP contribution in [0, 0.1) is 0 Å². The number of fused-ring (bicyclic) bond motifs is 1. The Kier molecular flexibility index (Phi) is 6.93. The zero-order chi connectivity index (χ0) is 22.7. The van der Waals surface area contributed by atoms with Gasteiger partial charge in [-0.1, -0.05) is 12.1 Å². The third kappa shape index (κ3) is 4.72. The monoisotopic (exact) mass is 439 g/mol. The molecule has 1 aromatic carbocycles. The van der Waals surface area contributed by atoms with E-state index >= 15 is 0 Å². The van der Waals surface area contributed by atoms with Gasteiger partial charge in [0.25, 0.3) is 0 Å². The maximum absolute atomic E-state index is 9.72. The molecule has 3 aromatic rings. The second kappa shape index (κ2) is 9.85. The first-order valence-corrected chi connectivity index (χ1v) is 11.3. The molecule has 2 aromatic heterocycles. The summed E-state index contributed by atoms with van der Waals surface area (Å²) in [5.74, 6) is 0.675. The molecule has 1 saturated heterocycles. The number of aromatic nitrogens is 3. The Morgan fingerprint density at radius 2 is 2.06 bits per heavy atom. The van der Waals surface area contributed by atoms with Crippen molar-refractivity contribution < 1.29 is 14.6 Å². The van der Waals surface area contributed by atoms with Gasteiger partial charge >= 0.3 is 0 Å². The Labute approximate surface area is 188 Å². The van der Waals surface area contributed by atoms with Crippen LogP contribution in [0.4, 0.5) is 5.69 Å². The van der Waals surface area contributed by atoms with E-state index in [1.807, 2.05) is 35.1 Å². The van der Waals surface area contributed by atoms with Crippen molar-refractivity contribution in [2.75, 3.05) is 38.3 Å². The molecule has 1 atom stereocenters. The first kappa shape index (κ1) is 22.5. The van der Waals surface area contributed by atoms with Crippen molar-refractivity contribution in [3.05, 3.63) is 36.5 Å². The minimum atomic E-state index is -0.687. The molecular formula is C24H33N5O3. The smallest absolute Gasteiger partial charge is 0.160 e. The highest BCUT2D eigenvalue weighted by Gasteiger charge is 2.23. The van der Waals surface area contributed by atoms with Gasteiger partial charge in [-0.2, -0.15) is 5.10 Å². The summed E-state index contributed by atoms with van der Waals surface area (Å²) < 4.78 is 13.3. The molecule has 3 heterocycles. The predicted molar refractivity (Wildman–Crippen MR) is 126 cm³/mol. The summed E-state index contributed by atoms with van der Waals surface area (Å²) >= 11 is 0. The molecule has 0 radical (unpaired) electrons. The number of ether oxygens (including phenoxy) is 2. The van der Waals surface area contributed by atoms with E-state index in [0.29, 0.717) is 11.8 Å². The molecule has 1 aliphatic rings. The Bertz CT molecular complexity index is 1050. The molecule has 4 rings (SSSR count). The Morgan fingerprint density at radius 1 is 1.28 bits per heavy atom. The lowest BCUT2D eigenvalue weighted by Crippen LogP contribution is -2.36. The average molecular weight is 440 g/mol. The van der Waals surface area contributed by atoms with Crippen LogP contribution in [0.3, 0.4) is 0 Å². The standard InChI is InChI=1S/C24H33N5O3/c1-16(2)29-24-21(14-26-29)23(28(3)18-7-9-31-10-8-18)12-22(27-24)17-5-4-6-20(11-17)32-15-19(30)13-25/h4-6,11-12,14,16,18-19,30H,7-10,13,15,25H2,1-3H3. The van der Waals surface area contributed by atoms with Gasteiger partial charge in [0.1, 0.15) is 18.5 Å². The van der Waals surface area contributed by atoms with E-state index in [1.54, 1.807) is 0 Å². The summed E-state index contributed by atoms with van der Waals surface area (Å²) in [6, 6.07) is 10.5. The van der Waals surface area contributed by atoms with Crippen LogP contribution in [0.25, 0.3) is 22.3 Å². The summed E-state index contributed by atoms with van der Waals surface area (Å²) in [6.45, 7) is 6.12. The van der Waals surface area contributed by atoms with Crippen LogP contribution in [0.1, 0.15) is 32.7 Å². The third-order valence-corrected chi connectivity index (χ3v) is 6.00. The zero-order valence-corrected chi connectivity index (χ0v) is 19.1. The van der Waals surface area contributed by atoms with Crippen molar-refractivity contribution in [3.8, 4) is 17.0 Å². The lowest BCUT2D eigenvalue weighted by atomic mass is 10.0. The van der Waals surface area contributed by atoms with Crippen molar-refractivity contribution in [3.63, 3.8) is 0 Å². The van der Waals surface area contributed by atoms with Gasteiger partial charge in [0.2, 0.25) is 0 Å². The molecule has 8 nitrogen and oxygen atoms in total. The minimum absolute atomic E-state index is 0.157. The summed E-state index contributed by atoms with van der Waals surface area (Å²) in [6.07, 6.45) is 3.24. The molecule has 0 aliphatic carbocycles. The molecule has 0 saturated carbocycles. The van der Waals surface area contributed by atoms with Gasteiger partial charge in [-0.3, -0.25) is 0 Å². The van der Waals surface area contributed by atoms with Gasteiger partial charge in [0, 0.05) is 44.5 Å². The van der Waals surface area contributed by atoms with E-state index < -0.39 is 6.10 Å². The molecule has 0 amide bonds. The van der Waals surface area contributed by atoms with E-state index in [-0.39, 0.29) is 19.2 Å². The molecule has 1 fully saturated rings. The van der Waals surface area contributed by atoms with Crippen molar-refractivity contribution in [2.24, 2.45) is 5.73 Å². The largest absolute Gasteiger partial charge is 0.491 e. The van der Waals surface area contributed by atoms with Gasteiger partial charge in [-0.15, -0.1) is 0 Å². The Balaban J connectivity index is 1.75. The van der Waals surface area contributed by atoms with Gasteiger partial charge in [0.05, 0.1) is 23.0 Å². The number of hydrogen-bond acceptors (Lipinski definition) is 7. The normalized spacial score (nSPS) is 15.9. The van der Waals surface area contributed by atoms with E-state index in [2.05, 4.69) is 37.0 Å². The second-order valence-corrected chi connectivity index (χ2v) is 8.63. The number of rotatable bonds is 8. The summed E-state index contributed by atoms with van der Waals surface area (Å²) in [7, 11) is 2.15. The van der Waals surface area contributed by atoms with Crippen LogP contribution in [0.2, 0.25) is 0 Å². The second-order valence-electron chi connectivity index (χ2n) is 8.63. The van der Waals surface area contributed by atoms with E-state index in [9.17, 15) is 5.11 Å². The highest BCUT2D eigenvalue weighted by atomic mass is 16.5. The van der Waals surface area contributed by atoms with Crippen molar-refractivity contribution in [1.82, 2.24) is 14.8 Å². The fourth-order valence-corrected chi connectivity index (χ4v) is 4.09. The van der Waals surface area contributed by atoms with Crippen molar-refractivity contribution in [1.29, 1.82) is 0 Å². The van der Waals surface area contributed by atoms with Crippen LogP contribution in [0.15, 0.2) is 36.5 Å². The lowest BCUT2D eigenvalue weighted by Gasteiger charge is -2.33. The molecule has 172 valence electrons. The van der Waals surface area contributed by atoms with E-state index in [4.69, 9.17) is 20.2 Å². The summed E-state index contributed by atoms with van der Waals surface area (Å²) in [4.78, 5) is 7.34. The average Bonchev–Trinajstić information content (AvgIpc) is 3.26. The van der Waals surface area contributed by atoms with Gasteiger partial charge in [0.15, 0.2) is 5.65 Å². The first-order valence-electron chi connectivity index (χ1n) is 11.3. The number of nitrogens with zero attached hydrogens (tertiary/aromatic N) is 4. The minimum Gasteiger partial charge on any atom is -0.491 e. The van der Waals surface area contributed by atoms with E-state index in [1.165, 1.54) is 0 Å². The molecule has 1 unspecified atom stereocenters. The third-order valence-electron chi connectivity index (χ3n) is 6.00. The number of aliphatic hydroxyl groups excluding tert-OH is 1. The van der Waals surface area contributed by atoms with Crippen LogP contribution < -0.4 is 15.4 Å². The molecule has 0 spiro atoms. The molecule has 3 N–H and O–H groups in total. The topological polar surface area (TPSA) is 98.7 Å². The van der Waals surface area contributed by atoms with Crippen molar-refractivity contribution in [2.45, 2.75) is 44.9 Å². The SMILES string of the molecule is CC(C)n1ncc2c(N(C)C3CCOCC3)cc(-c3cccc(OCC(O)CN)c3)nc21. The number of anilines is 1. The molecule has 32 heavy (non-hydrogen) atoms. The Hall–Kier alpha value is -2.68. The highest BCUT2D eigenvalue weighted by Crippen LogP contribution is 2.34. The van der Waals surface area contributed by atoms with Crippen LogP contribution >= 0.6 is 0 Å². The number of pyridine rings is 1. The molecule has 1 aliphatic heterocycles. The van der Waals surface area contributed by atoms with E-state index in [0.717, 1.165) is 54.0 Å². The summed E-state index contributed by atoms with van der Waals surface area (Å²) in [5.41, 5.74) is 9.28. The van der Waals surface area contributed by atoms with Crippen molar-refractivity contribution >= 4 is 16.7 Å². The first-order chi connectivity index (χ1) is 15.5. The highest BCUT2D eigenvalue weighted by molar-refractivity contribution is 5.92. The van der Waals surface area contributed by atoms with Gasteiger partial charge in [-0.05, 0) is 44.9 Å². The van der Waals surface area contributed by atoms with Crippen LogP contribution in [-0.4, -0.2) is 65.4 Å². The fraction of sp³-hybridized carbons (Fsp3) is 0.500. The molecule has 8 heteroatoms. The lowest BCUT2D eigenvalue weighted by molar-refractivity contribution is 0.0855. The summed E-state index contributed by atoms with van der Waals surface area (Å²) in [5, 5.41) is 15.4. The van der Waals surface area contributed by atoms with Gasteiger partial charge < -0.3 is 25.2 Å². The maximum atomic E-state index is 9.72. The predicted octanol–water partition coefficient (Wildman–Crippen LogP) is 2.99. The fourth-order valence-electron chi connectivity index (χ4n) is 4.09. The zero-order valence-electron chi connectivity index (χ0n) is 19.1. The quantitative estimate of drug-likeness (QED) is 0.557. The Morgan fingerprint density at radius 3 is 2.78 bits per heavy atom. The maximum Gasteiger partial charge on any atom is 0.160 e. The molecular weight excluding hydrogens is 406 g/mol. The number of hydrogen-bond donors (Lipinski definition) is 2. The molecule has 0 bridgehead atoms. The van der Waals surface area contributed by atoms with Crippen LogP contribution in [-0.2, 0) is 4.74 Å². The van der Waals surface area contributed by atoms with Crippen LogP contribution in [0.5, 0.6) is 5.75 Å².